The van der Waals surface area contributed by atoms with E-state index in [1.807, 2.05) is 36.4 Å². The molecular formula is C18H20N2O4. The van der Waals surface area contributed by atoms with Gasteiger partial charge in [0.15, 0.2) is 11.5 Å². The zero-order valence-electron chi connectivity index (χ0n) is 13.5. The molecule has 1 heterocycles. The lowest BCUT2D eigenvalue weighted by atomic mass is 10.1. The molecule has 0 saturated carbocycles. The highest BCUT2D eigenvalue weighted by molar-refractivity contribution is 5.89. The van der Waals surface area contributed by atoms with Crippen LogP contribution in [0.4, 0.5) is 10.5 Å². The second-order valence-electron chi connectivity index (χ2n) is 5.34. The molecule has 1 aliphatic heterocycles. The first-order valence-corrected chi connectivity index (χ1v) is 7.82. The average Bonchev–Trinajstić information content (AvgIpc) is 2.62. The number of ether oxygens (including phenoxy) is 3. The standard InChI is InChI=1S/C18H20N2O4/c1-22-15-4-2-3-14(12-15)20-18(21)19-8-7-13-5-6-16-17(11-13)24-10-9-23-16/h2-6,11-12H,7-10H2,1H3,(H2,19,20,21). The van der Waals surface area contributed by atoms with Crippen molar-refractivity contribution in [3.63, 3.8) is 0 Å². The Morgan fingerprint density at radius 3 is 2.79 bits per heavy atom. The van der Waals surface area contributed by atoms with E-state index in [9.17, 15) is 4.79 Å². The highest BCUT2D eigenvalue weighted by Gasteiger charge is 2.11. The molecule has 2 N–H and O–H groups in total. The molecule has 0 spiro atoms. The predicted octanol–water partition coefficient (Wildman–Crippen LogP) is 2.83. The van der Waals surface area contributed by atoms with E-state index in [0.29, 0.717) is 37.6 Å². The minimum atomic E-state index is -0.249. The first-order chi connectivity index (χ1) is 11.7. The van der Waals surface area contributed by atoms with E-state index in [0.717, 1.165) is 17.1 Å². The Morgan fingerprint density at radius 2 is 1.96 bits per heavy atom. The summed E-state index contributed by atoms with van der Waals surface area (Å²) < 4.78 is 16.2. The fourth-order valence-electron chi connectivity index (χ4n) is 2.44. The lowest BCUT2D eigenvalue weighted by Gasteiger charge is -2.18. The molecule has 0 unspecified atom stereocenters. The average molecular weight is 328 g/mol. The molecule has 0 fully saturated rings. The normalized spacial score (nSPS) is 12.4. The number of urea groups is 1. The quantitative estimate of drug-likeness (QED) is 0.885. The number of nitrogens with one attached hydrogen (secondary N) is 2. The van der Waals surface area contributed by atoms with E-state index in [1.54, 1.807) is 13.2 Å². The number of benzene rings is 2. The van der Waals surface area contributed by atoms with Gasteiger partial charge in [-0.15, -0.1) is 0 Å². The maximum Gasteiger partial charge on any atom is 0.319 e. The van der Waals surface area contributed by atoms with Crippen molar-refractivity contribution in [2.45, 2.75) is 6.42 Å². The van der Waals surface area contributed by atoms with E-state index >= 15 is 0 Å². The van der Waals surface area contributed by atoms with Crippen molar-refractivity contribution in [1.82, 2.24) is 5.32 Å². The van der Waals surface area contributed by atoms with Crippen LogP contribution >= 0.6 is 0 Å². The Bertz CT molecular complexity index is 718. The summed E-state index contributed by atoms with van der Waals surface area (Å²) in [5, 5.41) is 5.61. The lowest BCUT2D eigenvalue weighted by molar-refractivity contribution is 0.171. The van der Waals surface area contributed by atoms with Crippen LogP contribution in [0.1, 0.15) is 5.56 Å². The Hall–Kier alpha value is -2.89. The van der Waals surface area contributed by atoms with E-state index in [4.69, 9.17) is 14.2 Å². The number of rotatable bonds is 5. The van der Waals surface area contributed by atoms with Crippen LogP contribution in [0.2, 0.25) is 0 Å². The maximum atomic E-state index is 11.9. The fourth-order valence-corrected chi connectivity index (χ4v) is 2.44. The molecular weight excluding hydrogens is 308 g/mol. The number of fused-ring (bicyclic) bond motifs is 1. The molecule has 3 rings (SSSR count). The third-order valence-electron chi connectivity index (χ3n) is 3.63. The summed E-state index contributed by atoms with van der Waals surface area (Å²) in [4.78, 5) is 11.9. The molecule has 24 heavy (non-hydrogen) atoms. The topological polar surface area (TPSA) is 68.8 Å². The van der Waals surface area contributed by atoms with Crippen LogP contribution in [0, 0.1) is 0 Å². The Labute approximate surface area is 140 Å². The first-order valence-electron chi connectivity index (χ1n) is 7.82. The van der Waals surface area contributed by atoms with Crippen molar-refractivity contribution in [3.05, 3.63) is 48.0 Å². The van der Waals surface area contributed by atoms with Gasteiger partial charge >= 0.3 is 6.03 Å². The summed E-state index contributed by atoms with van der Waals surface area (Å²) >= 11 is 0. The van der Waals surface area contributed by atoms with Gasteiger partial charge in [-0.3, -0.25) is 0 Å². The zero-order chi connectivity index (χ0) is 16.8. The largest absolute Gasteiger partial charge is 0.497 e. The number of anilines is 1. The molecule has 0 saturated heterocycles. The smallest absolute Gasteiger partial charge is 0.319 e. The SMILES string of the molecule is COc1cccc(NC(=O)NCCc2ccc3c(c2)OCCO3)c1. The molecule has 0 radical (unpaired) electrons. The number of methoxy groups -OCH3 is 1. The third-order valence-corrected chi connectivity index (χ3v) is 3.63. The van der Waals surface area contributed by atoms with Crippen LogP contribution in [0.5, 0.6) is 17.2 Å². The molecule has 0 atom stereocenters. The van der Waals surface area contributed by atoms with Gasteiger partial charge in [0.25, 0.3) is 0 Å². The summed E-state index contributed by atoms with van der Waals surface area (Å²) in [6.45, 7) is 1.67. The fraction of sp³-hybridized carbons (Fsp3) is 0.278. The van der Waals surface area contributed by atoms with Crippen molar-refractivity contribution in [2.24, 2.45) is 0 Å². The molecule has 2 aromatic carbocycles. The minimum Gasteiger partial charge on any atom is -0.497 e. The van der Waals surface area contributed by atoms with Crippen molar-refractivity contribution >= 4 is 11.7 Å². The van der Waals surface area contributed by atoms with E-state index in [2.05, 4.69) is 10.6 Å². The Kier molecular flexibility index (Phi) is 5.05. The van der Waals surface area contributed by atoms with Crippen LogP contribution in [0.25, 0.3) is 0 Å². The predicted molar refractivity (Wildman–Crippen MR) is 91.2 cm³/mol. The van der Waals surface area contributed by atoms with Crippen LogP contribution in [-0.2, 0) is 6.42 Å². The van der Waals surface area contributed by atoms with E-state index < -0.39 is 0 Å². The molecule has 1 aliphatic rings. The Morgan fingerprint density at radius 1 is 1.12 bits per heavy atom. The summed E-state index contributed by atoms with van der Waals surface area (Å²) in [5.74, 6) is 2.23. The zero-order valence-corrected chi connectivity index (χ0v) is 13.5. The highest BCUT2D eigenvalue weighted by atomic mass is 16.6. The van der Waals surface area contributed by atoms with Gasteiger partial charge in [0.2, 0.25) is 0 Å². The molecule has 0 aromatic heterocycles. The maximum absolute atomic E-state index is 11.9. The third kappa shape index (κ3) is 4.10. The molecule has 6 nitrogen and oxygen atoms in total. The van der Waals surface area contributed by atoms with Crippen molar-refractivity contribution in [1.29, 1.82) is 0 Å². The van der Waals surface area contributed by atoms with E-state index in [-0.39, 0.29) is 6.03 Å². The van der Waals surface area contributed by atoms with Gasteiger partial charge in [-0.25, -0.2) is 4.79 Å². The van der Waals surface area contributed by atoms with Crippen molar-refractivity contribution < 1.29 is 19.0 Å². The summed E-state index contributed by atoms with van der Waals surface area (Å²) in [6, 6.07) is 12.8. The number of hydrogen-bond donors (Lipinski definition) is 2. The van der Waals surface area contributed by atoms with Gasteiger partial charge in [0, 0.05) is 18.3 Å². The van der Waals surface area contributed by atoms with Crippen LogP contribution < -0.4 is 24.8 Å². The van der Waals surface area contributed by atoms with Gasteiger partial charge in [0.1, 0.15) is 19.0 Å². The van der Waals surface area contributed by atoms with Gasteiger partial charge in [-0.2, -0.15) is 0 Å². The van der Waals surface area contributed by atoms with Crippen LogP contribution in [0.15, 0.2) is 42.5 Å². The second-order valence-corrected chi connectivity index (χ2v) is 5.34. The van der Waals surface area contributed by atoms with Crippen LogP contribution in [-0.4, -0.2) is 32.9 Å². The molecule has 126 valence electrons. The summed E-state index contributed by atoms with van der Waals surface area (Å²) in [5.41, 5.74) is 1.77. The molecule has 2 amide bonds. The highest BCUT2D eigenvalue weighted by Crippen LogP contribution is 2.30. The Balaban J connectivity index is 1.48. The van der Waals surface area contributed by atoms with Crippen molar-refractivity contribution in [3.8, 4) is 17.2 Å². The van der Waals surface area contributed by atoms with E-state index in [1.165, 1.54) is 0 Å². The molecule has 0 bridgehead atoms. The number of amides is 2. The van der Waals surface area contributed by atoms with Gasteiger partial charge in [-0.05, 0) is 36.2 Å². The van der Waals surface area contributed by atoms with Gasteiger partial charge in [0.05, 0.1) is 7.11 Å². The lowest BCUT2D eigenvalue weighted by Crippen LogP contribution is -2.30. The summed E-state index contributed by atoms with van der Waals surface area (Å²) in [6.07, 6.45) is 0.710. The van der Waals surface area contributed by atoms with Crippen molar-refractivity contribution in [2.75, 3.05) is 32.2 Å². The number of hydrogen-bond acceptors (Lipinski definition) is 4. The first kappa shape index (κ1) is 16.0. The second kappa shape index (κ2) is 7.59. The monoisotopic (exact) mass is 328 g/mol. The molecule has 6 heteroatoms. The number of carbonyl (C=O) groups is 1. The van der Waals surface area contributed by atoms with Gasteiger partial charge in [-0.1, -0.05) is 12.1 Å². The molecule has 0 aliphatic carbocycles. The van der Waals surface area contributed by atoms with Gasteiger partial charge < -0.3 is 24.8 Å². The van der Waals surface area contributed by atoms with Crippen LogP contribution in [0.3, 0.4) is 0 Å². The number of carbonyl (C=O) groups excluding carboxylic acids is 1. The minimum absolute atomic E-state index is 0.249. The summed E-state index contributed by atoms with van der Waals surface area (Å²) in [7, 11) is 1.59. The molecule has 2 aromatic rings.